The number of ether oxygens (including phenoxy) is 3. The van der Waals surface area contributed by atoms with Crippen LogP contribution in [0.25, 0.3) is 0 Å². The number of hydrogen-bond donors (Lipinski definition) is 1. The average molecular weight is 273 g/mol. The maximum Gasteiger partial charge on any atom is 0.0813 e. The van der Waals surface area contributed by atoms with E-state index in [-0.39, 0.29) is 11.7 Å². The van der Waals surface area contributed by atoms with Crippen LogP contribution in [-0.2, 0) is 14.2 Å². The molecule has 1 aliphatic heterocycles. The molecule has 2 unspecified atom stereocenters. The Labute approximate surface area is 118 Å². The Kier molecular flexibility index (Phi) is 7.91. The van der Waals surface area contributed by atoms with Gasteiger partial charge in [-0.25, -0.2) is 0 Å². The molecule has 1 fully saturated rings. The Bertz CT molecular complexity index is 233. The van der Waals surface area contributed by atoms with Gasteiger partial charge in [0, 0.05) is 20.3 Å². The van der Waals surface area contributed by atoms with Gasteiger partial charge in [0.25, 0.3) is 0 Å². The third-order valence-electron chi connectivity index (χ3n) is 3.70. The zero-order valence-corrected chi connectivity index (χ0v) is 13.0. The summed E-state index contributed by atoms with van der Waals surface area (Å²) in [4.78, 5) is 0. The molecule has 1 saturated heterocycles. The van der Waals surface area contributed by atoms with Gasteiger partial charge in [-0.05, 0) is 46.1 Å². The van der Waals surface area contributed by atoms with E-state index in [1.54, 1.807) is 7.11 Å². The summed E-state index contributed by atoms with van der Waals surface area (Å²) < 4.78 is 17.0. The van der Waals surface area contributed by atoms with Crippen LogP contribution in [0.4, 0.5) is 0 Å². The van der Waals surface area contributed by atoms with Crippen LogP contribution in [-0.4, -0.2) is 51.2 Å². The second-order valence-electron chi connectivity index (χ2n) is 5.95. The molecule has 0 bridgehead atoms. The minimum Gasteiger partial charge on any atom is -0.379 e. The number of methoxy groups -OCH3 is 1. The molecule has 1 rings (SSSR count). The lowest BCUT2D eigenvalue weighted by Gasteiger charge is -2.23. The molecule has 1 aliphatic rings. The van der Waals surface area contributed by atoms with E-state index in [9.17, 15) is 0 Å². The SMILES string of the molecule is CCCNCC1CCC(COCCC(C)(C)OC)O1. The van der Waals surface area contributed by atoms with E-state index in [4.69, 9.17) is 14.2 Å². The van der Waals surface area contributed by atoms with E-state index in [0.29, 0.717) is 12.7 Å². The molecule has 0 aromatic heterocycles. The van der Waals surface area contributed by atoms with E-state index in [2.05, 4.69) is 26.1 Å². The highest BCUT2D eigenvalue weighted by Gasteiger charge is 2.25. The fourth-order valence-corrected chi connectivity index (χ4v) is 2.13. The molecule has 0 amide bonds. The van der Waals surface area contributed by atoms with Crippen molar-refractivity contribution in [2.75, 3.05) is 33.4 Å². The topological polar surface area (TPSA) is 39.7 Å². The summed E-state index contributed by atoms with van der Waals surface area (Å²) in [5.41, 5.74) is -0.0941. The molecule has 114 valence electrons. The lowest BCUT2D eigenvalue weighted by molar-refractivity contribution is -0.0401. The van der Waals surface area contributed by atoms with Gasteiger partial charge in [0.05, 0.1) is 24.4 Å². The molecule has 0 saturated carbocycles. The Morgan fingerprint density at radius 2 is 2.00 bits per heavy atom. The zero-order valence-electron chi connectivity index (χ0n) is 13.0. The van der Waals surface area contributed by atoms with Crippen molar-refractivity contribution >= 4 is 0 Å². The monoisotopic (exact) mass is 273 g/mol. The normalized spacial score (nSPS) is 24.0. The zero-order chi connectivity index (χ0) is 14.1. The van der Waals surface area contributed by atoms with Crippen molar-refractivity contribution in [3.63, 3.8) is 0 Å². The van der Waals surface area contributed by atoms with Gasteiger partial charge in [-0.2, -0.15) is 0 Å². The van der Waals surface area contributed by atoms with Gasteiger partial charge in [-0.1, -0.05) is 6.92 Å². The number of nitrogens with one attached hydrogen (secondary N) is 1. The van der Waals surface area contributed by atoms with Crippen LogP contribution >= 0.6 is 0 Å². The van der Waals surface area contributed by atoms with Gasteiger partial charge in [-0.3, -0.25) is 0 Å². The van der Waals surface area contributed by atoms with Crippen molar-refractivity contribution in [3.05, 3.63) is 0 Å². The van der Waals surface area contributed by atoms with Crippen LogP contribution in [0.2, 0.25) is 0 Å². The van der Waals surface area contributed by atoms with Crippen LogP contribution in [0.3, 0.4) is 0 Å². The summed E-state index contributed by atoms with van der Waals surface area (Å²) in [6, 6.07) is 0. The second kappa shape index (κ2) is 8.90. The average Bonchev–Trinajstić information content (AvgIpc) is 2.83. The Hall–Kier alpha value is -0.160. The maximum atomic E-state index is 5.95. The molecule has 0 aromatic rings. The molecule has 0 aromatic carbocycles. The van der Waals surface area contributed by atoms with Gasteiger partial charge in [0.15, 0.2) is 0 Å². The lowest BCUT2D eigenvalue weighted by Crippen LogP contribution is -2.29. The van der Waals surface area contributed by atoms with E-state index >= 15 is 0 Å². The lowest BCUT2D eigenvalue weighted by atomic mass is 10.1. The molecule has 0 aliphatic carbocycles. The molecule has 1 heterocycles. The van der Waals surface area contributed by atoms with E-state index in [1.807, 2.05) is 0 Å². The highest BCUT2D eigenvalue weighted by molar-refractivity contribution is 4.75. The summed E-state index contributed by atoms with van der Waals surface area (Å²) >= 11 is 0. The van der Waals surface area contributed by atoms with Crippen LogP contribution in [0.5, 0.6) is 0 Å². The minimum absolute atomic E-state index is 0.0941. The number of rotatable bonds is 10. The predicted octanol–water partition coefficient (Wildman–Crippen LogP) is 2.37. The summed E-state index contributed by atoms with van der Waals surface area (Å²) in [6.07, 6.45) is 5.00. The van der Waals surface area contributed by atoms with Gasteiger partial charge < -0.3 is 19.5 Å². The molecular weight excluding hydrogens is 242 g/mol. The Morgan fingerprint density at radius 3 is 2.68 bits per heavy atom. The molecule has 1 N–H and O–H groups in total. The highest BCUT2D eigenvalue weighted by Crippen LogP contribution is 2.20. The Balaban J connectivity index is 2.02. The van der Waals surface area contributed by atoms with Crippen molar-refractivity contribution in [3.8, 4) is 0 Å². The van der Waals surface area contributed by atoms with Crippen molar-refractivity contribution in [2.45, 2.75) is 64.3 Å². The van der Waals surface area contributed by atoms with Crippen molar-refractivity contribution in [1.29, 1.82) is 0 Å². The largest absolute Gasteiger partial charge is 0.379 e. The Morgan fingerprint density at radius 1 is 1.26 bits per heavy atom. The molecule has 2 atom stereocenters. The molecule has 4 heteroatoms. The standard InChI is InChI=1S/C15H31NO3/c1-5-9-16-11-13-6-7-14(19-13)12-18-10-8-15(2,3)17-4/h13-14,16H,5-12H2,1-4H3. The summed E-state index contributed by atoms with van der Waals surface area (Å²) in [7, 11) is 1.74. The van der Waals surface area contributed by atoms with E-state index in [1.165, 1.54) is 6.42 Å². The molecule has 0 radical (unpaired) electrons. The van der Waals surface area contributed by atoms with Crippen molar-refractivity contribution < 1.29 is 14.2 Å². The van der Waals surface area contributed by atoms with Crippen LogP contribution < -0.4 is 5.32 Å². The fraction of sp³-hybridized carbons (Fsp3) is 1.00. The molecule has 0 spiro atoms. The van der Waals surface area contributed by atoms with E-state index in [0.717, 1.165) is 39.0 Å². The molecule has 19 heavy (non-hydrogen) atoms. The van der Waals surface area contributed by atoms with Gasteiger partial charge >= 0.3 is 0 Å². The first-order valence-electron chi connectivity index (χ1n) is 7.56. The van der Waals surface area contributed by atoms with Gasteiger partial charge in [-0.15, -0.1) is 0 Å². The smallest absolute Gasteiger partial charge is 0.0813 e. The van der Waals surface area contributed by atoms with Gasteiger partial charge in [0.1, 0.15) is 0 Å². The highest BCUT2D eigenvalue weighted by atomic mass is 16.5. The van der Waals surface area contributed by atoms with Crippen molar-refractivity contribution in [2.24, 2.45) is 0 Å². The molecular formula is C15H31NO3. The summed E-state index contributed by atoms with van der Waals surface area (Å²) in [5.74, 6) is 0. The van der Waals surface area contributed by atoms with Gasteiger partial charge in [0.2, 0.25) is 0 Å². The first kappa shape index (κ1) is 16.9. The minimum atomic E-state index is -0.0941. The predicted molar refractivity (Wildman–Crippen MR) is 77.6 cm³/mol. The van der Waals surface area contributed by atoms with Crippen LogP contribution in [0.1, 0.15) is 46.5 Å². The quantitative estimate of drug-likeness (QED) is 0.620. The third kappa shape index (κ3) is 7.25. The summed E-state index contributed by atoms with van der Waals surface area (Å²) in [5, 5.41) is 3.41. The van der Waals surface area contributed by atoms with Crippen LogP contribution in [0, 0.1) is 0 Å². The first-order chi connectivity index (χ1) is 9.07. The summed E-state index contributed by atoms with van der Waals surface area (Å²) in [6.45, 7) is 9.84. The van der Waals surface area contributed by atoms with Crippen LogP contribution in [0.15, 0.2) is 0 Å². The molecule has 4 nitrogen and oxygen atoms in total. The first-order valence-corrected chi connectivity index (χ1v) is 7.56. The third-order valence-corrected chi connectivity index (χ3v) is 3.70. The fourth-order valence-electron chi connectivity index (χ4n) is 2.13. The maximum absolute atomic E-state index is 5.95. The number of hydrogen-bond acceptors (Lipinski definition) is 4. The second-order valence-corrected chi connectivity index (χ2v) is 5.95. The van der Waals surface area contributed by atoms with Crippen molar-refractivity contribution in [1.82, 2.24) is 5.32 Å². The van der Waals surface area contributed by atoms with E-state index < -0.39 is 0 Å².